The Hall–Kier alpha value is -1.38. The molecule has 1 aliphatic rings. The molecule has 0 aromatic heterocycles. The number of nitrogens with zero attached hydrogens (tertiary/aromatic N) is 2. The van der Waals surface area contributed by atoms with Crippen molar-refractivity contribution in [2.75, 3.05) is 13.1 Å². The van der Waals surface area contributed by atoms with Crippen molar-refractivity contribution >= 4 is 11.5 Å². The summed E-state index contributed by atoms with van der Waals surface area (Å²) >= 11 is 0. The standard InChI is InChI=1S/C11H17N3/c1-4-6-10(12-5-2)11-13-7-9(3)8-14-11/h4,6-7H,5,8H2,1-3H3,(H,13,14)/b6-4-,12-10?. The van der Waals surface area contributed by atoms with E-state index in [2.05, 4.69) is 22.2 Å². The van der Waals surface area contributed by atoms with Crippen LogP contribution in [0.15, 0.2) is 33.9 Å². The first kappa shape index (κ1) is 10.7. The molecule has 0 bridgehead atoms. The van der Waals surface area contributed by atoms with Crippen LogP contribution in [-0.4, -0.2) is 24.6 Å². The quantitative estimate of drug-likeness (QED) is 0.680. The summed E-state index contributed by atoms with van der Waals surface area (Å²) in [5.74, 6) is 0.871. The fourth-order valence-corrected chi connectivity index (χ4v) is 1.18. The lowest BCUT2D eigenvalue weighted by molar-refractivity contribution is 1.03. The minimum atomic E-state index is 0.766. The molecule has 0 spiro atoms. The Morgan fingerprint density at radius 3 is 3.00 bits per heavy atom. The number of aliphatic imine (C=N–C) groups is 2. The van der Waals surface area contributed by atoms with Gasteiger partial charge >= 0.3 is 0 Å². The van der Waals surface area contributed by atoms with Crippen molar-refractivity contribution in [2.45, 2.75) is 20.8 Å². The van der Waals surface area contributed by atoms with E-state index in [4.69, 9.17) is 0 Å². The topological polar surface area (TPSA) is 36.8 Å². The second kappa shape index (κ2) is 5.37. The minimum Gasteiger partial charge on any atom is -0.345 e. The first-order valence-electron chi connectivity index (χ1n) is 4.92. The number of hydrogen-bond acceptors (Lipinski definition) is 3. The summed E-state index contributed by atoms with van der Waals surface area (Å²) in [6, 6.07) is 0. The van der Waals surface area contributed by atoms with Crippen molar-refractivity contribution in [3.63, 3.8) is 0 Å². The highest BCUT2D eigenvalue weighted by atomic mass is 15.0. The van der Waals surface area contributed by atoms with E-state index in [0.29, 0.717) is 0 Å². The highest BCUT2D eigenvalue weighted by Crippen LogP contribution is 1.99. The van der Waals surface area contributed by atoms with Gasteiger partial charge in [-0.15, -0.1) is 0 Å². The second-order valence-corrected chi connectivity index (χ2v) is 3.16. The molecule has 1 aliphatic heterocycles. The zero-order valence-corrected chi connectivity index (χ0v) is 9.04. The van der Waals surface area contributed by atoms with Crippen LogP contribution < -0.4 is 5.32 Å². The molecular formula is C11H17N3. The van der Waals surface area contributed by atoms with E-state index in [1.807, 2.05) is 32.2 Å². The van der Waals surface area contributed by atoms with Gasteiger partial charge in [-0.3, -0.25) is 9.98 Å². The molecule has 0 saturated heterocycles. The maximum atomic E-state index is 4.40. The van der Waals surface area contributed by atoms with Crippen LogP contribution >= 0.6 is 0 Å². The number of nitrogens with one attached hydrogen (secondary N) is 1. The predicted octanol–water partition coefficient (Wildman–Crippen LogP) is 1.93. The van der Waals surface area contributed by atoms with Gasteiger partial charge in [-0.25, -0.2) is 0 Å². The van der Waals surface area contributed by atoms with Crippen molar-refractivity contribution in [2.24, 2.45) is 9.98 Å². The molecule has 1 heterocycles. The number of rotatable bonds is 3. The Morgan fingerprint density at radius 2 is 2.50 bits per heavy atom. The fourth-order valence-electron chi connectivity index (χ4n) is 1.18. The van der Waals surface area contributed by atoms with Crippen LogP contribution in [0.25, 0.3) is 0 Å². The van der Waals surface area contributed by atoms with E-state index in [-0.39, 0.29) is 0 Å². The summed E-state index contributed by atoms with van der Waals surface area (Å²) in [4.78, 5) is 8.77. The fraction of sp³-hybridized carbons (Fsp3) is 0.455. The van der Waals surface area contributed by atoms with E-state index >= 15 is 0 Å². The van der Waals surface area contributed by atoms with Gasteiger partial charge in [0.05, 0.1) is 12.3 Å². The van der Waals surface area contributed by atoms with Crippen molar-refractivity contribution in [1.82, 2.24) is 5.32 Å². The molecule has 0 aromatic carbocycles. The van der Waals surface area contributed by atoms with Crippen LogP contribution in [0.3, 0.4) is 0 Å². The van der Waals surface area contributed by atoms with E-state index in [9.17, 15) is 0 Å². The summed E-state index contributed by atoms with van der Waals surface area (Å²) in [5, 5.41) is 3.14. The van der Waals surface area contributed by atoms with E-state index in [1.165, 1.54) is 5.57 Å². The third-order valence-corrected chi connectivity index (χ3v) is 1.84. The molecule has 0 radical (unpaired) electrons. The lowest BCUT2D eigenvalue weighted by atomic mass is 10.2. The lowest BCUT2D eigenvalue weighted by Crippen LogP contribution is -2.29. The van der Waals surface area contributed by atoms with Crippen molar-refractivity contribution in [1.29, 1.82) is 0 Å². The first-order chi connectivity index (χ1) is 6.77. The molecule has 3 nitrogen and oxygen atoms in total. The Morgan fingerprint density at radius 1 is 1.71 bits per heavy atom. The lowest BCUT2D eigenvalue weighted by Gasteiger charge is -2.12. The van der Waals surface area contributed by atoms with E-state index in [0.717, 1.165) is 24.6 Å². The van der Waals surface area contributed by atoms with Crippen LogP contribution in [0, 0.1) is 0 Å². The summed E-state index contributed by atoms with van der Waals surface area (Å²) in [7, 11) is 0. The summed E-state index contributed by atoms with van der Waals surface area (Å²) in [6.45, 7) is 7.61. The van der Waals surface area contributed by atoms with Crippen LogP contribution in [0.4, 0.5) is 0 Å². The predicted molar refractivity (Wildman–Crippen MR) is 62.0 cm³/mol. The van der Waals surface area contributed by atoms with Gasteiger partial charge in [0.25, 0.3) is 0 Å². The van der Waals surface area contributed by atoms with Crippen LogP contribution in [-0.2, 0) is 0 Å². The van der Waals surface area contributed by atoms with Gasteiger partial charge in [0.2, 0.25) is 0 Å². The zero-order chi connectivity index (χ0) is 10.4. The van der Waals surface area contributed by atoms with Gasteiger partial charge in [0, 0.05) is 12.7 Å². The largest absolute Gasteiger partial charge is 0.345 e. The maximum Gasteiger partial charge on any atom is 0.151 e. The second-order valence-electron chi connectivity index (χ2n) is 3.16. The molecule has 0 saturated carbocycles. The number of hydrogen-bond donors (Lipinski definition) is 1. The first-order valence-corrected chi connectivity index (χ1v) is 4.92. The van der Waals surface area contributed by atoms with Crippen molar-refractivity contribution in [3.05, 3.63) is 23.9 Å². The van der Waals surface area contributed by atoms with Gasteiger partial charge in [-0.2, -0.15) is 0 Å². The molecule has 0 fully saturated rings. The third-order valence-electron chi connectivity index (χ3n) is 1.84. The molecule has 1 rings (SSSR count). The Bertz CT molecular complexity index is 308. The molecule has 76 valence electrons. The summed E-state index contributed by atoms with van der Waals surface area (Å²) in [6.07, 6.45) is 5.94. The smallest absolute Gasteiger partial charge is 0.151 e. The van der Waals surface area contributed by atoms with Gasteiger partial charge in [-0.05, 0) is 32.4 Å². The summed E-state index contributed by atoms with van der Waals surface area (Å²) in [5.41, 5.74) is 2.17. The molecule has 3 heteroatoms. The highest BCUT2D eigenvalue weighted by molar-refractivity contribution is 6.46. The van der Waals surface area contributed by atoms with Gasteiger partial charge < -0.3 is 5.32 Å². The number of amidine groups is 1. The SMILES string of the molecule is C/C=C\C(=NCC)C1=NCC(C)=CN1. The molecule has 0 aliphatic carbocycles. The molecule has 0 aromatic rings. The molecule has 1 N–H and O–H groups in total. The molecule has 0 atom stereocenters. The average molecular weight is 191 g/mol. The zero-order valence-electron chi connectivity index (χ0n) is 9.04. The normalized spacial score (nSPS) is 17.8. The van der Waals surface area contributed by atoms with Crippen LogP contribution in [0.2, 0.25) is 0 Å². The molecule has 0 unspecified atom stereocenters. The van der Waals surface area contributed by atoms with Gasteiger partial charge in [0.15, 0.2) is 5.84 Å². The summed E-state index contributed by atoms with van der Waals surface area (Å²) < 4.78 is 0. The van der Waals surface area contributed by atoms with E-state index < -0.39 is 0 Å². The van der Waals surface area contributed by atoms with Gasteiger partial charge in [-0.1, -0.05) is 6.08 Å². The van der Waals surface area contributed by atoms with Crippen molar-refractivity contribution < 1.29 is 0 Å². The maximum absolute atomic E-state index is 4.40. The molecular weight excluding hydrogens is 174 g/mol. The Kier molecular flexibility index (Phi) is 4.11. The van der Waals surface area contributed by atoms with Crippen molar-refractivity contribution in [3.8, 4) is 0 Å². The van der Waals surface area contributed by atoms with Crippen LogP contribution in [0.5, 0.6) is 0 Å². The number of allylic oxidation sites excluding steroid dienone is 1. The molecule has 0 amide bonds. The monoisotopic (exact) mass is 191 g/mol. The highest BCUT2D eigenvalue weighted by Gasteiger charge is 2.07. The third kappa shape index (κ3) is 2.83. The van der Waals surface area contributed by atoms with E-state index in [1.54, 1.807) is 0 Å². The average Bonchev–Trinajstić information content (AvgIpc) is 2.19. The van der Waals surface area contributed by atoms with Gasteiger partial charge in [0.1, 0.15) is 0 Å². The Labute approximate surface area is 85.3 Å². The molecule has 14 heavy (non-hydrogen) atoms. The van der Waals surface area contributed by atoms with Crippen LogP contribution in [0.1, 0.15) is 20.8 Å². The Balaban J connectivity index is 2.76. The minimum absolute atomic E-state index is 0.766.